The lowest BCUT2D eigenvalue weighted by molar-refractivity contribution is -0.0000214. The molecule has 0 amide bonds. The fourth-order valence-electron chi connectivity index (χ4n) is 2.60. The first-order chi connectivity index (χ1) is 13.2. The Morgan fingerprint density at radius 3 is 2.39 bits per heavy atom. The average molecular weight is 419 g/mol. The monoisotopic (exact) mass is 418 g/mol. The van der Waals surface area contributed by atoms with Crippen molar-refractivity contribution < 1.29 is 31.8 Å². The lowest BCUT2D eigenvalue weighted by atomic mass is 10.1. The van der Waals surface area contributed by atoms with Crippen LogP contribution in [0.25, 0.3) is 0 Å². The van der Waals surface area contributed by atoms with E-state index in [1.807, 2.05) is 47.8 Å². The van der Waals surface area contributed by atoms with Crippen LogP contribution in [0.3, 0.4) is 0 Å². The molecule has 0 saturated carbocycles. The van der Waals surface area contributed by atoms with Crippen LogP contribution >= 0.6 is 11.3 Å². The summed E-state index contributed by atoms with van der Waals surface area (Å²) in [5.41, 5.74) is 2.40. The molecule has 2 aromatic carbocycles. The predicted molar refractivity (Wildman–Crippen MR) is 106 cm³/mol. The van der Waals surface area contributed by atoms with Crippen LogP contribution in [0.15, 0.2) is 60.0 Å². The fraction of sp³-hybridized carbons (Fsp3) is 0.190. The molecule has 2 N–H and O–H groups in total. The largest absolute Gasteiger partial charge is 1.00 e. The van der Waals surface area contributed by atoms with Crippen molar-refractivity contribution in [2.75, 3.05) is 7.11 Å². The molecular formula is C21H21ClNO4S-. The number of rotatable bonds is 9. The number of benzene rings is 2. The number of hydrogen-bond acceptors (Lipinski definition) is 5. The number of thiophene rings is 1. The number of aromatic carboxylic acids is 1. The van der Waals surface area contributed by atoms with Crippen molar-refractivity contribution in [2.45, 2.75) is 19.7 Å². The van der Waals surface area contributed by atoms with Gasteiger partial charge in [-0.2, -0.15) is 0 Å². The van der Waals surface area contributed by atoms with Gasteiger partial charge in [-0.15, -0.1) is 11.3 Å². The maximum absolute atomic E-state index is 10.9. The molecule has 0 aliphatic carbocycles. The van der Waals surface area contributed by atoms with Crippen molar-refractivity contribution in [1.82, 2.24) is 5.32 Å². The second kappa shape index (κ2) is 10.7. The first-order valence-electron chi connectivity index (χ1n) is 8.51. The highest BCUT2D eigenvalue weighted by atomic mass is 35.5. The van der Waals surface area contributed by atoms with E-state index in [2.05, 4.69) is 5.32 Å². The average Bonchev–Trinajstić information content (AvgIpc) is 3.21. The predicted octanol–water partition coefficient (Wildman–Crippen LogP) is 1.33. The van der Waals surface area contributed by atoms with Crippen LogP contribution in [-0.4, -0.2) is 18.2 Å². The van der Waals surface area contributed by atoms with Crippen molar-refractivity contribution in [3.05, 3.63) is 81.5 Å². The van der Waals surface area contributed by atoms with Crippen molar-refractivity contribution in [1.29, 1.82) is 0 Å². The maximum atomic E-state index is 10.9. The third-order valence-corrected chi connectivity index (χ3v) is 4.89. The molecule has 0 atom stereocenters. The molecule has 1 heterocycles. The first-order valence-corrected chi connectivity index (χ1v) is 9.38. The second-order valence-corrected chi connectivity index (χ2v) is 6.99. The minimum Gasteiger partial charge on any atom is -1.00 e. The Labute approximate surface area is 174 Å². The standard InChI is InChI=1S/C21H21NO4S.ClH/c1-25-20-11-16(6-9-19(20)26-14-18-3-2-10-27-18)13-22-12-15-4-7-17(8-5-15)21(23)24;/h2-11,22H,12-14H2,1H3,(H,23,24);1H/p-1. The van der Waals surface area contributed by atoms with E-state index in [0.29, 0.717) is 31.0 Å². The van der Waals surface area contributed by atoms with Gasteiger partial charge in [-0.3, -0.25) is 0 Å². The number of ether oxygens (including phenoxy) is 2. The lowest BCUT2D eigenvalue weighted by Gasteiger charge is -2.12. The summed E-state index contributed by atoms with van der Waals surface area (Å²) in [7, 11) is 1.63. The Morgan fingerprint density at radius 2 is 1.75 bits per heavy atom. The summed E-state index contributed by atoms with van der Waals surface area (Å²) in [5.74, 6) is 0.513. The zero-order chi connectivity index (χ0) is 19.1. The van der Waals surface area contributed by atoms with E-state index in [1.54, 1.807) is 30.6 Å². The normalized spacial score (nSPS) is 10.2. The number of nitrogens with one attached hydrogen (secondary N) is 1. The highest BCUT2D eigenvalue weighted by Crippen LogP contribution is 2.29. The van der Waals surface area contributed by atoms with E-state index in [9.17, 15) is 4.79 Å². The molecule has 7 heteroatoms. The van der Waals surface area contributed by atoms with E-state index >= 15 is 0 Å². The number of carbonyl (C=O) groups is 1. The first kappa shape index (κ1) is 21.8. The smallest absolute Gasteiger partial charge is 0.335 e. The van der Waals surface area contributed by atoms with Gasteiger partial charge in [-0.05, 0) is 46.8 Å². The van der Waals surface area contributed by atoms with Gasteiger partial charge in [0.15, 0.2) is 11.5 Å². The molecule has 0 fully saturated rings. The molecule has 3 aromatic rings. The summed E-state index contributed by atoms with van der Waals surface area (Å²) in [6.07, 6.45) is 0. The Kier molecular flexibility index (Phi) is 8.32. The molecule has 0 saturated heterocycles. The Bertz CT molecular complexity index is 882. The molecule has 148 valence electrons. The molecule has 0 aliphatic rings. The van der Waals surface area contributed by atoms with Crippen LogP contribution in [0, 0.1) is 0 Å². The summed E-state index contributed by atoms with van der Waals surface area (Å²) >= 11 is 1.66. The van der Waals surface area contributed by atoms with E-state index in [-0.39, 0.29) is 12.4 Å². The number of methoxy groups -OCH3 is 1. The molecule has 0 radical (unpaired) electrons. The summed E-state index contributed by atoms with van der Waals surface area (Å²) in [6.45, 7) is 1.85. The molecule has 0 spiro atoms. The summed E-state index contributed by atoms with van der Waals surface area (Å²) < 4.78 is 11.3. The van der Waals surface area contributed by atoms with Gasteiger partial charge < -0.3 is 32.3 Å². The Hall–Kier alpha value is -2.54. The Morgan fingerprint density at radius 1 is 1.04 bits per heavy atom. The zero-order valence-electron chi connectivity index (χ0n) is 15.4. The molecule has 1 aromatic heterocycles. The topological polar surface area (TPSA) is 67.8 Å². The van der Waals surface area contributed by atoms with Gasteiger partial charge in [0.1, 0.15) is 6.61 Å². The number of carboxylic acids is 1. The minimum atomic E-state index is -0.914. The van der Waals surface area contributed by atoms with Gasteiger partial charge in [-0.25, -0.2) is 4.79 Å². The van der Waals surface area contributed by atoms with Crippen molar-refractivity contribution in [3.8, 4) is 11.5 Å². The maximum Gasteiger partial charge on any atom is 0.335 e. The van der Waals surface area contributed by atoms with Gasteiger partial charge in [0.05, 0.1) is 12.7 Å². The number of hydrogen-bond donors (Lipinski definition) is 2. The van der Waals surface area contributed by atoms with Crippen LogP contribution in [0.2, 0.25) is 0 Å². The molecule has 3 rings (SSSR count). The van der Waals surface area contributed by atoms with Crippen molar-refractivity contribution >= 4 is 17.3 Å². The van der Waals surface area contributed by atoms with E-state index < -0.39 is 5.97 Å². The second-order valence-electron chi connectivity index (χ2n) is 5.96. The SMILES string of the molecule is COc1cc(CNCc2ccc(C(=O)O)cc2)ccc1OCc1cccs1.[Cl-]. The minimum absolute atomic E-state index is 0. The molecule has 28 heavy (non-hydrogen) atoms. The highest BCUT2D eigenvalue weighted by molar-refractivity contribution is 7.09. The van der Waals surface area contributed by atoms with Gasteiger partial charge >= 0.3 is 5.97 Å². The lowest BCUT2D eigenvalue weighted by Crippen LogP contribution is -3.00. The van der Waals surface area contributed by atoms with E-state index in [1.165, 1.54) is 0 Å². The zero-order valence-corrected chi connectivity index (χ0v) is 16.9. The van der Waals surface area contributed by atoms with E-state index in [0.717, 1.165) is 21.8 Å². The number of carboxylic acid groups (broad SMARTS) is 1. The fourth-order valence-corrected chi connectivity index (χ4v) is 3.22. The highest BCUT2D eigenvalue weighted by Gasteiger charge is 2.07. The summed E-state index contributed by atoms with van der Waals surface area (Å²) in [6, 6.07) is 16.8. The molecule has 5 nitrogen and oxygen atoms in total. The molecular weight excluding hydrogens is 398 g/mol. The summed E-state index contributed by atoms with van der Waals surface area (Å²) in [4.78, 5) is 12.0. The quantitative estimate of drug-likeness (QED) is 0.548. The third-order valence-electron chi connectivity index (χ3n) is 4.04. The van der Waals surface area contributed by atoms with E-state index in [4.69, 9.17) is 14.6 Å². The van der Waals surface area contributed by atoms with Gasteiger partial charge in [-0.1, -0.05) is 24.3 Å². The number of halogens is 1. The van der Waals surface area contributed by atoms with Gasteiger partial charge in [0.2, 0.25) is 0 Å². The van der Waals surface area contributed by atoms with Crippen LogP contribution in [0.4, 0.5) is 0 Å². The Balaban J connectivity index is 0.00000280. The molecule has 0 aliphatic heterocycles. The summed E-state index contributed by atoms with van der Waals surface area (Å²) in [5, 5.41) is 14.3. The van der Waals surface area contributed by atoms with Crippen molar-refractivity contribution in [3.63, 3.8) is 0 Å². The molecule has 0 bridgehead atoms. The third kappa shape index (κ3) is 5.99. The van der Waals surface area contributed by atoms with Gasteiger partial charge in [0, 0.05) is 18.0 Å². The van der Waals surface area contributed by atoms with Crippen LogP contribution in [-0.2, 0) is 19.7 Å². The molecule has 0 unspecified atom stereocenters. The van der Waals surface area contributed by atoms with Gasteiger partial charge in [0.25, 0.3) is 0 Å². The van der Waals surface area contributed by atoms with Crippen LogP contribution in [0.1, 0.15) is 26.4 Å². The van der Waals surface area contributed by atoms with Crippen LogP contribution in [0.5, 0.6) is 11.5 Å². The van der Waals surface area contributed by atoms with Crippen LogP contribution < -0.4 is 27.2 Å². The van der Waals surface area contributed by atoms with Crippen molar-refractivity contribution in [2.24, 2.45) is 0 Å².